The summed E-state index contributed by atoms with van der Waals surface area (Å²) in [4.78, 5) is 13.1. The van der Waals surface area contributed by atoms with Crippen molar-refractivity contribution in [1.29, 1.82) is 0 Å². The molecule has 23 heavy (non-hydrogen) atoms. The maximum Gasteiger partial charge on any atom is 0.235 e. The third-order valence-corrected chi connectivity index (χ3v) is 4.78. The quantitative estimate of drug-likeness (QED) is 0.338. The van der Waals surface area contributed by atoms with Gasteiger partial charge in [-0.15, -0.1) is 5.10 Å². The molecule has 4 nitrogen and oxygen atoms in total. The van der Waals surface area contributed by atoms with Crippen LogP contribution in [0.2, 0.25) is 0 Å². The van der Waals surface area contributed by atoms with Gasteiger partial charge >= 0.3 is 0 Å². The molecule has 0 spiro atoms. The van der Waals surface area contributed by atoms with Crippen molar-refractivity contribution in [3.8, 4) is 0 Å². The number of aryl methyl sites for hydroxylation is 1. The van der Waals surface area contributed by atoms with Crippen LogP contribution in [0.4, 0.5) is 0 Å². The number of thioether (sulfide) groups is 2. The van der Waals surface area contributed by atoms with E-state index in [4.69, 9.17) is 0 Å². The predicted octanol–water partition coefficient (Wildman–Crippen LogP) is 4.61. The van der Waals surface area contributed by atoms with Crippen LogP contribution in [-0.2, 0) is 4.79 Å². The van der Waals surface area contributed by atoms with Gasteiger partial charge in [0.25, 0.3) is 0 Å². The minimum Gasteiger partial charge on any atom is -0.320 e. The van der Waals surface area contributed by atoms with Crippen molar-refractivity contribution in [3.63, 3.8) is 0 Å². The molecule has 0 unspecified atom stereocenters. The van der Waals surface area contributed by atoms with Crippen LogP contribution in [0.3, 0.4) is 0 Å². The maximum absolute atomic E-state index is 12.0. The lowest BCUT2D eigenvalue weighted by Crippen LogP contribution is -2.23. The Hall–Kier alpha value is -1.53. The van der Waals surface area contributed by atoms with Crippen molar-refractivity contribution in [3.05, 3.63) is 41.4 Å². The Balaban J connectivity index is 2.47. The van der Waals surface area contributed by atoms with E-state index in [0.717, 1.165) is 27.6 Å². The number of rotatable bonds is 7. The highest BCUT2D eigenvalue weighted by Crippen LogP contribution is 2.26. The topological polar surface area (TPSA) is 53.8 Å². The largest absolute Gasteiger partial charge is 0.320 e. The van der Waals surface area contributed by atoms with Gasteiger partial charge in [0, 0.05) is 10.6 Å². The van der Waals surface area contributed by atoms with Gasteiger partial charge in [-0.25, -0.2) is 0 Å². The molecule has 0 bridgehead atoms. The summed E-state index contributed by atoms with van der Waals surface area (Å²) in [6.45, 7) is 11.7. The van der Waals surface area contributed by atoms with E-state index < -0.39 is 0 Å². The molecule has 0 fully saturated rings. The first-order valence-corrected chi connectivity index (χ1v) is 9.15. The molecule has 1 rings (SSSR count). The third-order valence-electron chi connectivity index (χ3n) is 2.64. The first-order chi connectivity index (χ1) is 10.9. The molecule has 0 aromatic heterocycles. The van der Waals surface area contributed by atoms with Crippen LogP contribution in [0.15, 0.2) is 51.0 Å². The molecule has 0 aliphatic heterocycles. The first-order valence-electron chi connectivity index (χ1n) is 7.35. The summed E-state index contributed by atoms with van der Waals surface area (Å²) in [5.74, 6) is 0.220. The second-order valence-electron chi connectivity index (χ2n) is 5.02. The fraction of sp³-hybridized carbons (Fsp3) is 0.353. The minimum atomic E-state index is -0.0839. The van der Waals surface area contributed by atoms with Crippen molar-refractivity contribution >= 4 is 40.2 Å². The Morgan fingerprint density at radius 1 is 1.26 bits per heavy atom. The van der Waals surface area contributed by atoms with E-state index in [9.17, 15) is 4.79 Å². The maximum atomic E-state index is 12.0. The lowest BCUT2D eigenvalue weighted by molar-refractivity contribution is -0.117. The van der Waals surface area contributed by atoms with E-state index in [2.05, 4.69) is 22.1 Å². The second kappa shape index (κ2) is 10.3. The number of benzene rings is 1. The monoisotopic (exact) mass is 349 g/mol. The van der Waals surface area contributed by atoms with Crippen molar-refractivity contribution in [2.24, 2.45) is 10.2 Å². The smallest absolute Gasteiger partial charge is 0.235 e. The van der Waals surface area contributed by atoms with Crippen molar-refractivity contribution in [2.45, 2.75) is 39.0 Å². The third kappa shape index (κ3) is 8.04. The zero-order valence-electron chi connectivity index (χ0n) is 14.0. The normalized spacial score (nSPS) is 11.0. The highest BCUT2D eigenvalue weighted by molar-refractivity contribution is 8.14. The molecule has 0 aliphatic rings. The molecular formula is C17H23N3OS2. The number of hydrogen-bond donors (Lipinski definition) is 1. The van der Waals surface area contributed by atoms with Crippen LogP contribution >= 0.6 is 23.5 Å². The Kier molecular flexibility index (Phi) is 8.73. The van der Waals surface area contributed by atoms with Crippen LogP contribution in [-0.4, -0.2) is 22.4 Å². The number of hydrogen-bond acceptors (Lipinski definition) is 5. The molecule has 0 saturated heterocycles. The zero-order chi connectivity index (χ0) is 17.2. The van der Waals surface area contributed by atoms with Gasteiger partial charge in [0.05, 0.1) is 15.8 Å². The molecule has 6 heteroatoms. The Morgan fingerprint density at radius 3 is 2.57 bits per heavy atom. The van der Waals surface area contributed by atoms with Crippen molar-refractivity contribution < 1.29 is 4.79 Å². The average molecular weight is 350 g/mol. The summed E-state index contributed by atoms with van der Waals surface area (Å²) >= 11 is 2.87. The molecule has 0 heterocycles. The number of amides is 1. The van der Waals surface area contributed by atoms with Gasteiger partial charge in [-0.2, -0.15) is 5.10 Å². The van der Waals surface area contributed by atoms with Gasteiger partial charge in [0.2, 0.25) is 5.91 Å². The number of carbonyl (C=O) groups excluding carboxylic acids is 1. The van der Waals surface area contributed by atoms with E-state index >= 15 is 0 Å². The fourth-order valence-electron chi connectivity index (χ4n) is 1.53. The molecule has 1 aromatic carbocycles. The molecule has 0 radical (unpaired) electrons. The van der Waals surface area contributed by atoms with Crippen LogP contribution in [0, 0.1) is 6.92 Å². The summed E-state index contributed by atoms with van der Waals surface area (Å²) in [5, 5.41) is 12.5. The Bertz CT molecular complexity index is 620. The molecule has 124 valence electrons. The number of nitrogens with zero attached hydrogens (tertiary/aromatic N) is 2. The van der Waals surface area contributed by atoms with Crippen molar-refractivity contribution in [2.75, 3.05) is 5.75 Å². The predicted molar refractivity (Wildman–Crippen MR) is 103 cm³/mol. The van der Waals surface area contributed by atoms with Crippen LogP contribution in [0.5, 0.6) is 0 Å². The zero-order valence-corrected chi connectivity index (χ0v) is 15.7. The Labute approximate surface area is 146 Å². The summed E-state index contributed by atoms with van der Waals surface area (Å²) in [6.07, 6.45) is 0.758. The van der Waals surface area contributed by atoms with Crippen LogP contribution in [0.25, 0.3) is 0 Å². The van der Waals surface area contributed by atoms with Gasteiger partial charge in [-0.3, -0.25) is 4.79 Å². The van der Waals surface area contributed by atoms with Gasteiger partial charge < -0.3 is 5.32 Å². The van der Waals surface area contributed by atoms with Crippen LogP contribution < -0.4 is 5.32 Å². The first kappa shape index (κ1) is 19.5. The van der Waals surface area contributed by atoms with E-state index in [1.165, 1.54) is 23.5 Å². The van der Waals surface area contributed by atoms with Gasteiger partial charge in [0.15, 0.2) is 0 Å². The summed E-state index contributed by atoms with van der Waals surface area (Å²) in [5.41, 5.74) is 2.06. The highest BCUT2D eigenvalue weighted by Gasteiger charge is 2.08. The molecule has 1 amide bonds. The molecule has 1 N–H and O–H groups in total. The lowest BCUT2D eigenvalue weighted by Gasteiger charge is -2.09. The molecule has 0 aliphatic carbocycles. The summed E-state index contributed by atoms with van der Waals surface area (Å²) in [6, 6.07) is 8.01. The van der Waals surface area contributed by atoms with Crippen molar-refractivity contribution in [1.82, 2.24) is 5.32 Å². The number of carbonyl (C=O) groups is 1. The van der Waals surface area contributed by atoms with Crippen LogP contribution in [0.1, 0.15) is 32.8 Å². The van der Waals surface area contributed by atoms with Gasteiger partial charge in [-0.1, -0.05) is 55.2 Å². The van der Waals surface area contributed by atoms with Gasteiger partial charge in [0.1, 0.15) is 0 Å². The van der Waals surface area contributed by atoms with E-state index in [1.54, 1.807) is 0 Å². The molecule has 0 atom stereocenters. The molecular weight excluding hydrogens is 326 g/mol. The fourth-order valence-corrected chi connectivity index (χ4v) is 3.01. The SMILES string of the molecule is C=C(NC(=O)CS/C(CC)=N/N=C(C)C)Sc1ccccc1C. The highest BCUT2D eigenvalue weighted by atomic mass is 32.2. The minimum absolute atomic E-state index is 0.0839. The number of nitrogens with one attached hydrogen (secondary N) is 1. The molecule has 0 saturated carbocycles. The van der Waals surface area contributed by atoms with E-state index in [0.29, 0.717) is 10.8 Å². The van der Waals surface area contributed by atoms with E-state index in [-0.39, 0.29) is 5.91 Å². The second-order valence-corrected chi connectivity index (χ2v) is 7.21. The summed E-state index contributed by atoms with van der Waals surface area (Å²) in [7, 11) is 0. The Morgan fingerprint density at radius 2 is 1.96 bits per heavy atom. The lowest BCUT2D eigenvalue weighted by atomic mass is 10.2. The average Bonchev–Trinajstić information content (AvgIpc) is 2.49. The standard InChI is InChI=1S/C17H23N3OS2/c1-6-17(20-19-12(2)3)22-11-16(21)18-14(5)23-15-10-8-7-9-13(15)4/h7-10H,5-6,11H2,1-4H3,(H,18,21)/b20-17+. The summed E-state index contributed by atoms with van der Waals surface area (Å²) < 4.78 is 0. The van der Waals surface area contributed by atoms with E-state index in [1.807, 2.05) is 52.0 Å². The van der Waals surface area contributed by atoms with Gasteiger partial charge in [-0.05, 0) is 38.8 Å². The molecule has 1 aromatic rings.